The van der Waals surface area contributed by atoms with Crippen LogP contribution in [-0.4, -0.2) is 0 Å². The van der Waals surface area contributed by atoms with E-state index in [4.69, 9.17) is 67.5 Å². The van der Waals surface area contributed by atoms with Crippen LogP contribution in [0.15, 0.2) is 12.1 Å². The van der Waals surface area contributed by atoms with Crippen LogP contribution < -0.4 is 9.47 Å². The predicted octanol–water partition coefficient (Wildman–Crippen LogP) is 6.99. The maximum atomic E-state index is 14.1. The maximum absolute atomic E-state index is 14.1. The van der Waals surface area contributed by atoms with Gasteiger partial charge >= 0.3 is 0 Å². The van der Waals surface area contributed by atoms with E-state index in [1.807, 2.05) is 0 Å². The zero-order valence-electron chi connectivity index (χ0n) is 9.24. The maximum Gasteiger partial charge on any atom is 0.208 e. The highest BCUT2D eigenvalue weighted by Gasteiger charge is 2.31. The second-order valence-corrected chi connectivity index (χ2v) is 5.73. The highest BCUT2D eigenvalue weighted by atomic mass is 35.5. The highest BCUT2D eigenvalue weighted by Crippen LogP contribution is 2.56. The third kappa shape index (κ3) is 2.00. The van der Waals surface area contributed by atoms with Gasteiger partial charge in [-0.3, -0.25) is 0 Å². The summed E-state index contributed by atoms with van der Waals surface area (Å²) in [7, 11) is 0. The quantitative estimate of drug-likeness (QED) is 0.312. The summed E-state index contributed by atoms with van der Waals surface area (Å²) < 4.78 is 24.9. The summed E-state index contributed by atoms with van der Waals surface area (Å²) >= 11 is 29.4. The number of rotatable bonds is 0. The van der Waals surface area contributed by atoms with Gasteiger partial charge < -0.3 is 9.47 Å². The van der Waals surface area contributed by atoms with E-state index in [1.54, 1.807) is 0 Å². The summed E-state index contributed by atoms with van der Waals surface area (Å²) in [6.45, 7) is 0. The van der Waals surface area contributed by atoms with Crippen molar-refractivity contribution in [1.82, 2.24) is 0 Å². The number of fused-ring (bicyclic) bond motifs is 2. The topological polar surface area (TPSA) is 18.5 Å². The summed E-state index contributed by atoms with van der Waals surface area (Å²) in [4.78, 5) is 0. The first kappa shape index (κ1) is 14.4. The van der Waals surface area contributed by atoms with Crippen LogP contribution in [0.25, 0.3) is 0 Å². The van der Waals surface area contributed by atoms with Crippen LogP contribution in [0.1, 0.15) is 0 Å². The summed E-state index contributed by atoms with van der Waals surface area (Å²) in [5.74, 6) is -0.898. The zero-order valence-corrected chi connectivity index (χ0v) is 13.0. The molecular weight excluding hydrogens is 372 g/mol. The summed E-state index contributed by atoms with van der Waals surface area (Å²) in [5.41, 5.74) is 0. The van der Waals surface area contributed by atoms with Gasteiger partial charge in [0.25, 0.3) is 0 Å². The van der Waals surface area contributed by atoms with Crippen LogP contribution >= 0.6 is 58.0 Å². The van der Waals surface area contributed by atoms with Crippen molar-refractivity contribution in [3.63, 3.8) is 0 Å². The van der Waals surface area contributed by atoms with E-state index < -0.39 is 5.82 Å². The second-order valence-electron chi connectivity index (χ2n) is 3.81. The van der Waals surface area contributed by atoms with Gasteiger partial charge in [0.05, 0.1) is 10.0 Å². The molecule has 8 heteroatoms. The number of ether oxygens (including phenoxy) is 2. The monoisotopic (exact) mass is 372 g/mol. The van der Waals surface area contributed by atoms with Gasteiger partial charge in [0.1, 0.15) is 15.1 Å². The van der Waals surface area contributed by atoms with Crippen molar-refractivity contribution in [2.24, 2.45) is 0 Å². The molecular formula is C12H2Cl5FO2. The molecule has 3 rings (SSSR count). The Balaban J connectivity index is 2.26. The average Bonchev–Trinajstić information content (AvgIpc) is 2.45. The minimum absolute atomic E-state index is 0.0743. The summed E-state index contributed by atoms with van der Waals surface area (Å²) in [6, 6.07) is 2.98. The molecule has 104 valence electrons. The number of benzene rings is 2. The van der Waals surface area contributed by atoms with Crippen molar-refractivity contribution < 1.29 is 13.9 Å². The first-order valence-electron chi connectivity index (χ1n) is 5.11. The van der Waals surface area contributed by atoms with Crippen LogP contribution in [0.3, 0.4) is 0 Å². The van der Waals surface area contributed by atoms with E-state index >= 15 is 0 Å². The third-order valence-corrected chi connectivity index (χ3v) is 4.69. The van der Waals surface area contributed by atoms with E-state index in [1.165, 1.54) is 12.1 Å². The van der Waals surface area contributed by atoms with Crippen LogP contribution in [0, 0.1) is 5.82 Å². The number of halogens is 6. The van der Waals surface area contributed by atoms with Crippen molar-refractivity contribution in [1.29, 1.82) is 0 Å². The Labute approximate surface area is 137 Å². The normalized spacial score (nSPS) is 12.3. The Hall–Kier alpha value is -0.580. The molecule has 1 aliphatic rings. The van der Waals surface area contributed by atoms with Gasteiger partial charge in [0.2, 0.25) is 5.75 Å². The van der Waals surface area contributed by atoms with Crippen molar-refractivity contribution in [3.05, 3.63) is 43.1 Å². The first-order valence-corrected chi connectivity index (χ1v) is 7.00. The van der Waals surface area contributed by atoms with E-state index in [2.05, 4.69) is 0 Å². The molecule has 2 aromatic rings. The van der Waals surface area contributed by atoms with Crippen LogP contribution in [0.4, 0.5) is 4.39 Å². The molecule has 2 aromatic carbocycles. The largest absolute Gasteiger partial charge is 0.446 e. The molecule has 1 heterocycles. The van der Waals surface area contributed by atoms with Gasteiger partial charge in [-0.15, -0.1) is 0 Å². The molecule has 0 fully saturated rings. The molecule has 0 saturated carbocycles. The summed E-state index contributed by atoms with van der Waals surface area (Å²) in [6.07, 6.45) is 0. The number of hydrogen-bond donors (Lipinski definition) is 0. The lowest BCUT2D eigenvalue weighted by Gasteiger charge is -2.23. The lowest BCUT2D eigenvalue weighted by molar-refractivity contribution is 0.343. The molecule has 20 heavy (non-hydrogen) atoms. The molecule has 1 aliphatic heterocycles. The second kappa shape index (κ2) is 5.00. The van der Waals surface area contributed by atoms with Crippen molar-refractivity contribution in [2.75, 3.05) is 0 Å². The SMILES string of the molecule is Fc1c(Cl)c(Cl)c(Cl)c2c1Oc1ccc(Cl)c(Cl)c1O2. The number of hydrogen-bond acceptors (Lipinski definition) is 2. The Bertz CT molecular complexity index is 748. The molecule has 0 aliphatic carbocycles. The van der Waals surface area contributed by atoms with Gasteiger partial charge in [0.15, 0.2) is 23.1 Å². The molecule has 0 saturated heterocycles. The van der Waals surface area contributed by atoms with E-state index in [0.29, 0.717) is 0 Å². The minimum Gasteiger partial charge on any atom is -0.446 e. The van der Waals surface area contributed by atoms with Gasteiger partial charge in [-0.2, -0.15) is 0 Å². The molecule has 0 unspecified atom stereocenters. The molecule has 0 spiro atoms. The smallest absolute Gasteiger partial charge is 0.208 e. The van der Waals surface area contributed by atoms with Crippen LogP contribution in [0.2, 0.25) is 25.1 Å². The zero-order chi connectivity index (χ0) is 14.6. The fourth-order valence-electron chi connectivity index (χ4n) is 1.68. The van der Waals surface area contributed by atoms with Crippen molar-refractivity contribution in [3.8, 4) is 23.0 Å². The molecule has 0 aromatic heterocycles. The molecule has 0 amide bonds. The highest BCUT2D eigenvalue weighted by molar-refractivity contribution is 6.49. The Kier molecular flexibility index (Phi) is 3.59. The van der Waals surface area contributed by atoms with Gasteiger partial charge in [-0.1, -0.05) is 58.0 Å². The Morgan fingerprint density at radius 3 is 2.10 bits per heavy atom. The lowest BCUT2D eigenvalue weighted by atomic mass is 10.2. The minimum atomic E-state index is -0.868. The molecule has 0 N–H and O–H groups in total. The van der Waals surface area contributed by atoms with Crippen molar-refractivity contribution in [2.45, 2.75) is 0 Å². The van der Waals surface area contributed by atoms with Crippen LogP contribution in [-0.2, 0) is 0 Å². The van der Waals surface area contributed by atoms with Crippen molar-refractivity contribution >= 4 is 58.0 Å². The van der Waals surface area contributed by atoms with Gasteiger partial charge in [-0.05, 0) is 12.1 Å². The average molecular weight is 374 g/mol. The molecule has 0 atom stereocenters. The van der Waals surface area contributed by atoms with Crippen LogP contribution in [0.5, 0.6) is 23.0 Å². The van der Waals surface area contributed by atoms with E-state index in [0.717, 1.165) is 0 Å². The summed E-state index contributed by atoms with van der Waals surface area (Å²) in [5, 5.41) is -0.210. The Morgan fingerprint density at radius 2 is 1.40 bits per heavy atom. The Morgan fingerprint density at radius 1 is 0.700 bits per heavy atom. The molecule has 2 nitrogen and oxygen atoms in total. The standard InChI is InChI=1S/C12H2Cl5FO2/c13-3-1-2-4-10(5(3)14)20-11-8(17)6(15)7(16)9(18)12(11)19-4/h1-2H. The lowest BCUT2D eigenvalue weighted by Crippen LogP contribution is -2.03. The van der Waals surface area contributed by atoms with Gasteiger partial charge in [-0.25, -0.2) is 4.39 Å². The predicted molar refractivity (Wildman–Crippen MR) is 78.0 cm³/mol. The first-order chi connectivity index (χ1) is 9.41. The molecule has 0 radical (unpaired) electrons. The fraction of sp³-hybridized carbons (Fsp3) is 0. The third-order valence-electron chi connectivity index (χ3n) is 2.61. The molecule has 0 bridgehead atoms. The fourth-order valence-corrected chi connectivity index (χ4v) is 2.64. The van der Waals surface area contributed by atoms with E-state index in [-0.39, 0.29) is 48.1 Å². The van der Waals surface area contributed by atoms with E-state index in [9.17, 15) is 4.39 Å². The van der Waals surface area contributed by atoms with Gasteiger partial charge in [0, 0.05) is 0 Å².